The molecule has 4 rings (SSSR count). The van der Waals surface area contributed by atoms with E-state index in [1.165, 1.54) is 17.2 Å². The highest BCUT2D eigenvalue weighted by molar-refractivity contribution is 7.69. The second-order valence-corrected chi connectivity index (χ2v) is 14.9. The summed E-state index contributed by atoms with van der Waals surface area (Å²) < 4.78 is 80.4. The Balaban J connectivity index is 1.29. The molecule has 0 aliphatic carbocycles. The minimum absolute atomic E-state index is 0.0810. The third-order valence-corrected chi connectivity index (χ3v) is 11.5. The average Bonchev–Trinajstić information content (AvgIpc) is 3.52. The van der Waals surface area contributed by atoms with E-state index in [-0.39, 0.29) is 30.0 Å². The fourth-order valence-corrected chi connectivity index (χ4v) is 8.69. The molecule has 0 bridgehead atoms. The summed E-state index contributed by atoms with van der Waals surface area (Å²) in [4.78, 5) is 50.5. The van der Waals surface area contributed by atoms with Crippen molar-refractivity contribution < 1.29 is 84.6 Å². The highest BCUT2D eigenvalue weighted by Gasteiger charge is 2.47. The predicted molar refractivity (Wildman–Crippen MR) is 130 cm³/mol. The number of phosphoric acid groups is 4. The lowest BCUT2D eigenvalue weighted by Crippen LogP contribution is -2.32. The van der Waals surface area contributed by atoms with Gasteiger partial charge in [-0.3, -0.25) is 13.6 Å². The van der Waals surface area contributed by atoms with Crippen LogP contribution >= 0.6 is 31.3 Å². The second kappa shape index (κ2) is 12.6. The Morgan fingerprint density at radius 3 is 2.00 bits per heavy atom. The van der Waals surface area contributed by atoms with Crippen molar-refractivity contribution in [1.82, 2.24) is 19.5 Å². The maximum atomic E-state index is 12.2. The topological polar surface area (TPSA) is 344 Å². The van der Waals surface area contributed by atoms with Gasteiger partial charge in [-0.05, 0) is 0 Å². The Morgan fingerprint density at radius 1 is 0.857 bits per heavy atom. The van der Waals surface area contributed by atoms with E-state index in [0.717, 1.165) is 0 Å². The molecule has 0 radical (unpaired) electrons. The molecule has 2 fully saturated rings. The molecular weight excluding hydrogens is 662 g/mol. The van der Waals surface area contributed by atoms with Gasteiger partial charge < -0.3 is 50.1 Å². The smallest absolute Gasteiger partial charge is 0.390 e. The zero-order valence-electron chi connectivity index (χ0n) is 20.7. The lowest BCUT2D eigenvalue weighted by atomic mass is 10.2. The van der Waals surface area contributed by atoms with Crippen molar-refractivity contribution >= 4 is 48.3 Å². The SMILES string of the molecule is Nc1ncnc2c1ncn2[C@H]1C[C@H](O)[C@@H](COP(=O)(O)OP(=O)(O)OP(=O)(O)OP(=O)(O)OC[C@H]2OC[C@H](O)[C@@H]2O)O1. The first-order valence-electron chi connectivity index (χ1n) is 11.4. The Kier molecular flexibility index (Phi) is 10.1. The minimum atomic E-state index is -6.04. The number of ether oxygens (including phenoxy) is 2. The molecule has 2 saturated heterocycles. The molecule has 10 atom stereocenters. The van der Waals surface area contributed by atoms with Gasteiger partial charge in [0.25, 0.3) is 0 Å². The van der Waals surface area contributed by atoms with Gasteiger partial charge in [0.1, 0.15) is 42.5 Å². The van der Waals surface area contributed by atoms with Gasteiger partial charge in [0, 0.05) is 6.42 Å². The van der Waals surface area contributed by atoms with Crippen molar-refractivity contribution in [3.05, 3.63) is 12.7 Å². The van der Waals surface area contributed by atoms with Gasteiger partial charge in [0.2, 0.25) is 0 Å². The fourth-order valence-electron chi connectivity index (χ4n) is 3.73. The summed E-state index contributed by atoms with van der Waals surface area (Å²) in [6, 6.07) is 0. The van der Waals surface area contributed by atoms with Crippen molar-refractivity contribution in [1.29, 1.82) is 0 Å². The van der Waals surface area contributed by atoms with Crippen LogP contribution < -0.4 is 5.73 Å². The maximum Gasteiger partial charge on any atom is 0.490 e. The summed E-state index contributed by atoms with van der Waals surface area (Å²) in [6.45, 7) is -2.19. The van der Waals surface area contributed by atoms with Crippen molar-refractivity contribution in [2.24, 2.45) is 0 Å². The second-order valence-electron chi connectivity index (χ2n) is 8.66. The van der Waals surface area contributed by atoms with E-state index < -0.39 is 81.3 Å². The molecule has 238 valence electrons. The molecule has 2 aromatic heterocycles. The van der Waals surface area contributed by atoms with Gasteiger partial charge in [0.05, 0.1) is 32.3 Å². The number of aromatic nitrogens is 4. The van der Waals surface area contributed by atoms with Crippen LogP contribution in [0.15, 0.2) is 12.7 Å². The molecule has 2 aliphatic rings. The third-order valence-electron chi connectivity index (χ3n) is 5.58. The van der Waals surface area contributed by atoms with Gasteiger partial charge in [-0.25, -0.2) is 33.2 Å². The standard InChI is InChI=1S/C15H25N5O18P4/c16-14-12-15(18-5-17-14)20(6-19-12)11-1-7(21)9(35-11)3-33-39(24,25)36-41(28,29)38-42(30,31)37-40(26,27)34-4-10-13(23)8(22)2-32-10/h5-11,13,21-23H,1-4H2,(H,24,25)(H,26,27)(H,28,29)(H,30,31)(H2,16,17,18)/t7-,8-,9+,10+,11+,13-/m0/s1. The number of nitrogens with zero attached hydrogens (tertiary/aromatic N) is 4. The number of imidazole rings is 1. The molecule has 23 nitrogen and oxygen atoms in total. The van der Waals surface area contributed by atoms with Crippen LogP contribution in [0.2, 0.25) is 0 Å². The molecule has 42 heavy (non-hydrogen) atoms. The van der Waals surface area contributed by atoms with Crippen LogP contribution in [-0.2, 0) is 49.7 Å². The summed E-state index contributed by atoms with van der Waals surface area (Å²) in [5.74, 6) is 0.0811. The number of rotatable bonds is 13. The zero-order valence-corrected chi connectivity index (χ0v) is 24.3. The Hall–Kier alpha value is -1.29. The van der Waals surface area contributed by atoms with Crippen LogP contribution in [0.1, 0.15) is 12.6 Å². The van der Waals surface area contributed by atoms with Gasteiger partial charge >= 0.3 is 31.3 Å². The number of aliphatic hydroxyl groups excluding tert-OH is 3. The first kappa shape index (κ1) is 33.6. The van der Waals surface area contributed by atoms with Crippen LogP contribution in [0.25, 0.3) is 11.2 Å². The van der Waals surface area contributed by atoms with Gasteiger partial charge in [-0.15, -0.1) is 0 Å². The first-order valence-corrected chi connectivity index (χ1v) is 17.3. The summed E-state index contributed by atoms with van der Waals surface area (Å²) in [5, 5.41) is 29.3. The quantitative estimate of drug-likeness (QED) is 0.113. The Morgan fingerprint density at radius 2 is 1.43 bits per heavy atom. The lowest BCUT2D eigenvalue weighted by Gasteiger charge is -2.21. The van der Waals surface area contributed by atoms with E-state index in [1.54, 1.807) is 0 Å². The van der Waals surface area contributed by atoms with Crippen LogP contribution in [0, 0.1) is 0 Å². The predicted octanol–water partition coefficient (Wildman–Crippen LogP) is -1.34. The highest BCUT2D eigenvalue weighted by Crippen LogP contribution is 2.71. The van der Waals surface area contributed by atoms with Crippen LogP contribution in [0.4, 0.5) is 5.82 Å². The molecule has 9 N–H and O–H groups in total. The van der Waals surface area contributed by atoms with Crippen LogP contribution in [0.5, 0.6) is 0 Å². The summed E-state index contributed by atoms with van der Waals surface area (Å²) in [7, 11) is -23.2. The van der Waals surface area contributed by atoms with Crippen LogP contribution in [-0.4, -0.2) is 105 Å². The van der Waals surface area contributed by atoms with E-state index in [0.29, 0.717) is 0 Å². The number of aliphatic hydroxyl groups is 3. The summed E-state index contributed by atoms with van der Waals surface area (Å²) in [6.07, 6.45) is -5.32. The van der Waals surface area contributed by atoms with Gasteiger partial charge in [-0.1, -0.05) is 0 Å². The normalized spacial score (nSPS) is 32.3. The molecular formula is C15H25N5O18P4. The average molecular weight is 687 g/mol. The van der Waals surface area contributed by atoms with Crippen molar-refractivity contribution in [3.8, 4) is 0 Å². The third kappa shape index (κ3) is 8.45. The molecule has 2 aliphatic heterocycles. The molecule has 27 heteroatoms. The molecule has 4 unspecified atom stereocenters. The van der Waals surface area contributed by atoms with E-state index >= 15 is 0 Å². The number of fused-ring (bicyclic) bond motifs is 1. The highest BCUT2D eigenvalue weighted by atomic mass is 31.3. The number of hydrogen-bond acceptors (Lipinski definition) is 18. The number of nitrogen functional groups attached to an aromatic ring is 1. The van der Waals surface area contributed by atoms with Gasteiger partial charge in [-0.2, -0.15) is 12.9 Å². The summed E-state index contributed by atoms with van der Waals surface area (Å²) >= 11 is 0. The molecule has 0 saturated carbocycles. The number of phosphoric ester groups is 2. The number of nitrogens with two attached hydrogens (primary N) is 1. The first-order chi connectivity index (χ1) is 19.4. The minimum Gasteiger partial charge on any atom is -0.390 e. The largest absolute Gasteiger partial charge is 0.490 e. The molecule has 0 spiro atoms. The fraction of sp³-hybridized carbons (Fsp3) is 0.667. The van der Waals surface area contributed by atoms with E-state index in [9.17, 15) is 53.2 Å². The number of anilines is 1. The van der Waals surface area contributed by atoms with Gasteiger partial charge in [0.15, 0.2) is 11.5 Å². The van der Waals surface area contributed by atoms with Crippen LogP contribution in [0.3, 0.4) is 0 Å². The van der Waals surface area contributed by atoms with E-state index in [2.05, 4.69) is 36.9 Å². The van der Waals surface area contributed by atoms with Crippen molar-refractivity contribution in [3.63, 3.8) is 0 Å². The van der Waals surface area contributed by atoms with E-state index in [4.69, 9.17) is 15.2 Å². The van der Waals surface area contributed by atoms with Crippen molar-refractivity contribution in [2.45, 2.75) is 43.2 Å². The lowest BCUT2D eigenvalue weighted by molar-refractivity contribution is -0.0423. The molecule has 2 aromatic rings. The maximum absolute atomic E-state index is 12.2. The number of hydrogen-bond donors (Lipinski definition) is 8. The summed E-state index contributed by atoms with van der Waals surface area (Å²) in [5.41, 5.74) is 6.23. The zero-order chi connectivity index (χ0) is 31.1. The molecule has 0 aromatic carbocycles. The molecule has 4 heterocycles. The van der Waals surface area contributed by atoms with Crippen molar-refractivity contribution in [2.75, 3.05) is 25.6 Å². The van der Waals surface area contributed by atoms with E-state index in [1.807, 2.05) is 0 Å². The monoisotopic (exact) mass is 687 g/mol. The molecule has 0 amide bonds. The Labute approximate surface area is 234 Å². The Bertz CT molecular complexity index is 1480.